The largest absolute Gasteiger partial charge is 0.378 e. The minimum Gasteiger partial charge on any atom is -0.378 e. The van der Waals surface area contributed by atoms with Crippen molar-refractivity contribution in [2.45, 2.75) is 32.7 Å². The lowest BCUT2D eigenvalue weighted by Crippen LogP contribution is -2.42. The van der Waals surface area contributed by atoms with E-state index in [-0.39, 0.29) is 11.5 Å². The Morgan fingerprint density at radius 2 is 2.00 bits per heavy atom. The number of hydrogen-bond acceptors (Lipinski definition) is 5. The number of likely N-dealkylation sites (tertiary alicyclic amines) is 1. The minimum atomic E-state index is -0.125. The van der Waals surface area contributed by atoms with Crippen LogP contribution < -0.4 is 10.5 Å². The van der Waals surface area contributed by atoms with Crippen LogP contribution in [0, 0.1) is 5.92 Å². The van der Waals surface area contributed by atoms with Gasteiger partial charge in [0.1, 0.15) is 0 Å². The second-order valence-corrected chi connectivity index (χ2v) is 7.82. The standard InChI is InChI=1S/C21H28N4O3/c1-16-5-4-9-24(15-16)19(26)8-10-25-18-7-3-2-6-17(18)22-20(21(25)27)23-11-13-28-14-12-23/h2-3,6-7,16H,4-5,8-15H2,1H3. The van der Waals surface area contributed by atoms with Gasteiger partial charge in [0.25, 0.3) is 5.56 Å². The number of ether oxygens (including phenoxy) is 1. The fraction of sp³-hybridized carbons (Fsp3) is 0.571. The number of para-hydroxylation sites is 2. The molecule has 2 fully saturated rings. The molecule has 2 aliphatic rings. The Morgan fingerprint density at radius 3 is 2.79 bits per heavy atom. The predicted octanol–water partition coefficient (Wildman–Crippen LogP) is 1.88. The summed E-state index contributed by atoms with van der Waals surface area (Å²) in [5, 5.41) is 0. The van der Waals surface area contributed by atoms with Gasteiger partial charge in [0, 0.05) is 39.1 Å². The van der Waals surface area contributed by atoms with Crippen LogP contribution in [0.15, 0.2) is 29.1 Å². The van der Waals surface area contributed by atoms with Gasteiger partial charge >= 0.3 is 0 Å². The number of amides is 1. The van der Waals surface area contributed by atoms with Crippen LogP contribution in [0.1, 0.15) is 26.2 Å². The second-order valence-electron chi connectivity index (χ2n) is 7.82. The van der Waals surface area contributed by atoms with E-state index in [1.807, 2.05) is 34.1 Å². The summed E-state index contributed by atoms with van der Waals surface area (Å²) in [7, 11) is 0. The van der Waals surface area contributed by atoms with E-state index in [0.717, 1.165) is 30.5 Å². The molecule has 4 rings (SSSR count). The lowest BCUT2D eigenvalue weighted by Gasteiger charge is -2.31. The van der Waals surface area contributed by atoms with E-state index in [4.69, 9.17) is 4.74 Å². The van der Waals surface area contributed by atoms with E-state index in [0.29, 0.717) is 51.0 Å². The van der Waals surface area contributed by atoms with Crippen LogP contribution in [0.4, 0.5) is 5.82 Å². The van der Waals surface area contributed by atoms with Crippen LogP contribution in [0.3, 0.4) is 0 Å². The van der Waals surface area contributed by atoms with Crippen molar-refractivity contribution in [3.8, 4) is 0 Å². The van der Waals surface area contributed by atoms with Crippen LogP contribution in [0.25, 0.3) is 11.0 Å². The van der Waals surface area contributed by atoms with E-state index in [1.165, 1.54) is 6.42 Å². The number of aromatic nitrogens is 2. The molecule has 0 N–H and O–H groups in total. The molecule has 2 aromatic rings. The number of carbonyl (C=O) groups is 1. The number of nitrogens with zero attached hydrogens (tertiary/aromatic N) is 4. The summed E-state index contributed by atoms with van der Waals surface area (Å²) in [6.45, 7) is 6.73. The molecule has 7 nitrogen and oxygen atoms in total. The SMILES string of the molecule is CC1CCCN(C(=O)CCn2c(=O)c(N3CCOCC3)nc3ccccc32)C1. The highest BCUT2D eigenvalue weighted by atomic mass is 16.5. The number of carbonyl (C=O) groups excluding carboxylic acids is 1. The zero-order valence-corrected chi connectivity index (χ0v) is 16.5. The first kappa shape index (κ1) is 18.9. The van der Waals surface area contributed by atoms with Crippen LogP contribution in [0.2, 0.25) is 0 Å². The summed E-state index contributed by atoms with van der Waals surface area (Å²) in [4.78, 5) is 34.5. The van der Waals surface area contributed by atoms with Crippen molar-refractivity contribution >= 4 is 22.8 Å². The highest BCUT2D eigenvalue weighted by Crippen LogP contribution is 2.18. The number of morpholine rings is 1. The molecule has 0 aliphatic carbocycles. The van der Waals surface area contributed by atoms with Gasteiger partial charge in [0.2, 0.25) is 5.91 Å². The number of benzene rings is 1. The normalized spacial score (nSPS) is 20.5. The fourth-order valence-corrected chi connectivity index (χ4v) is 4.16. The summed E-state index contributed by atoms with van der Waals surface area (Å²) < 4.78 is 7.13. The highest BCUT2D eigenvalue weighted by molar-refractivity contribution is 5.78. The molecule has 1 atom stereocenters. The summed E-state index contributed by atoms with van der Waals surface area (Å²) in [5.41, 5.74) is 1.44. The number of piperidine rings is 1. The van der Waals surface area contributed by atoms with Gasteiger partial charge in [-0.2, -0.15) is 0 Å². The fourth-order valence-electron chi connectivity index (χ4n) is 4.16. The summed E-state index contributed by atoms with van der Waals surface area (Å²) >= 11 is 0. The van der Waals surface area contributed by atoms with Crippen molar-refractivity contribution < 1.29 is 9.53 Å². The summed E-state index contributed by atoms with van der Waals surface area (Å²) in [6.07, 6.45) is 2.58. The maximum Gasteiger partial charge on any atom is 0.294 e. The smallest absolute Gasteiger partial charge is 0.294 e. The van der Waals surface area contributed by atoms with E-state index in [1.54, 1.807) is 4.57 Å². The lowest BCUT2D eigenvalue weighted by molar-refractivity contribution is -0.133. The van der Waals surface area contributed by atoms with Crippen molar-refractivity contribution in [2.24, 2.45) is 5.92 Å². The Kier molecular flexibility index (Phi) is 5.62. The Labute approximate surface area is 164 Å². The van der Waals surface area contributed by atoms with Crippen LogP contribution in [-0.2, 0) is 16.1 Å². The van der Waals surface area contributed by atoms with E-state index >= 15 is 0 Å². The van der Waals surface area contributed by atoms with Crippen molar-refractivity contribution in [3.05, 3.63) is 34.6 Å². The van der Waals surface area contributed by atoms with Gasteiger partial charge in [-0.1, -0.05) is 19.1 Å². The Bertz CT molecular complexity index is 904. The molecule has 2 aliphatic heterocycles. The van der Waals surface area contributed by atoms with Crippen molar-refractivity contribution in [3.63, 3.8) is 0 Å². The monoisotopic (exact) mass is 384 g/mol. The van der Waals surface area contributed by atoms with E-state index in [2.05, 4.69) is 11.9 Å². The third kappa shape index (κ3) is 3.90. The number of rotatable bonds is 4. The lowest BCUT2D eigenvalue weighted by atomic mass is 10.00. The average Bonchev–Trinajstić information content (AvgIpc) is 2.73. The Morgan fingerprint density at radius 1 is 1.21 bits per heavy atom. The third-order valence-electron chi connectivity index (χ3n) is 5.70. The molecule has 0 saturated carbocycles. The number of fused-ring (bicyclic) bond motifs is 1. The third-order valence-corrected chi connectivity index (χ3v) is 5.70. The van der Waals surface area contributed by atoms with Crippen molar-refractivity contribution in [2.75, 3.05) is 44.3 Å². The summed E-state index contributed by atoms with van der Waals surface area (Å²) in [5.74, 6) is 1.14. The Hall–Kier alpha value is -2.41. The van der Waals surface area contributed by atoms with E-state index < -0.39 is 0 Å². The van der Waals surface area contributed by atoms with Gasteiger partial charge in [-0.05, 0) is 30.9 Å². The molecule has 28 heavy (non-hydrogen) atoms. The van der Waals surface area contributed by atoms with Gasteiger partial charge in [-0.3, -0.25) is 9.59 Å². The maximum atomic E-state index is 13.2. The maximum absolute atomic E-state index is 13.2. The van der Waals surface area contributed by atoms with Gasteiger partial charge in [-0.25, -0.2) is 4.98 Å². The molecule has 0 bridgehead atoms. The zero-order chi connectivity index (χ0) is 19.5. The number of anilines is 1. The topological polar surface area (TPSA) is 67.7 Å². The number of aryl methyl sites for hydroxylation is 1. The van der Waals surface area contributed by atoms with Gasteiger partial charge < -0.3 is 19.1 Å². The molecule has 1 aromatic heterocycles. The highest BCUT2D eigenvalue weighted by Gasteiger charge is 2.22. The molecule has 1 aromatic carbocycles. The van der Waals surface area contributed by atoms with Gasteiger partial charge in [-0.15, -0.1) is 0 Å². The molecule has 1 amide bonds. The molecule has 7 heteroatoms. The van der Waals surface area contributed by atoms with Crippen LogP contribution >= 0.6 is 0 Å². The molecule has 2 saturated heterocycles. The number of hydrogen-bond donors (Lipinski definition) is 0. The zero-order valence-electron chi connectivity index (χ0n) is 16.5. The average molecular weight is 384 g/mol. The Balaban J connectivity index is 1.60. The molecule has 150 valence electrons. The first-order valence-corrected chi connectivity index (χ1v) is 10.2. The molecule has 0 spiro atoms. The quantitative estimate of drug-likeness (QED) is 0.805. The predicted molar refractivity (Wildman–Crippen MR) is 109 cm³/mol. The van der Waals surface area contributed by atoms with Crippen LogP contribution in [0.5, 0.6) is 0 Å². The second kappa shape index (κ2) is 8.31. The molecule has 0 radical (unpaired) electrons. The summed E-state index contributed by atoms with van der Waals surface area (Å²) in [6, 6.07) is 7.65. The first-order chi connectivity index (χ1) is 13.6. The first-order valence-electron chi connectivity index (χ1n) is 10.2. The molecule has 1 unspecified atom stereocenters. The molecular formula is C21H28N4O3. The molecule has 3 heterocycles. The van der Waals surface area contributed by atoms with Gasteiger partial charge in [0.05, 0.1) is 24.2 Å². The van der Waals surface area contributed by atoms with Crippen molar-refractivity contribution in [1.82, 2.24) is 14.5 Å². The van der Waals surface area contributed by atoms with Crippen LogP contribution in [-0.4, -0.2) is 59.8 Å². The van der Waals surface area contributed by atoms with Crippen molar-refractivity contribution in [1.29, 1.82) is 0 Å². The minimum absolute atomic E-state index is 0.125. The molecular weight excluding hydrogens is 356 g/mol. The van der Waals surface area contributed by atoms with Gasteiger partial charge in [0.15, 0.2) is 5.82 Å². The van der Waals surface area contributed by atoms with E-state index in [9.17, 15) is 9.59 Å².